The highest BCUT2D eigenvalue weighted by Crippen LogP contribution is 2.27. The van der Waals surface area contributed by atoms with E-state index in [9.17, 15) is 27.9 Å². The monoisotopic (exact) mass is 675 g/mol. The van der Waals surface area contributed by atoms with Crippen LogP contribution in [-0.2, 0) is 33.9 Å². The number of hydrogen-bond donors (Lipinski definition) is 5. The number of benzene rings is 1. The first kappa shape index (κ1) is 34.5. The maximum Gasteiger partial charge on any atom is 0.418 e. The Hall–Kier alpha value is -4.04. The van der Waals surface area contributed by atoms with Gasteiger partial charge in [-0.15, -0.1) is 4.28 Å². The van der Waals surface area contributed by atoms with E-state index >= 15 is 0 Å². The Bertz CT molecular complexity index is 1530. The van der Waals surface area contributed by atoms with Crippen molar-refractivity contribution in [3.8, 4) is 5.75 Å². The largest absolute Gasteiger partial charge is 0.489 e. The number of amidine groups is 1. The van der Waals surface area contributed by atoms with Crippen molar-refractivity contribution in [2.24, 2.45) is 15.9 Å². The van der Waals surface area contributed by atoms with Gasteiger partial charge in [-0.2, -0.15) is 8.42 Å². The van der Waals surface area contributed by atoms with E-state index in [1.807, 2.05) is 0 Å². The Balaban J connectivity index is 1.75. The molecule has 0 unspecified atom stereocenters. The van der Waals surface area contributed by atoms with Crippen LogP contribution in [0.3, 0.4) is 0 Å². The van der Waals surface area contributed by atoms with Crippen LogP contribution in [0.4, 0.5) is 5.13 Å². The summed E-state index contributed by atoms with van der Waals surface area (Å²) < 4.78 is 40.3. The molecule has 1 heterocycles. The molecule has 7 N–H and O–H groups in total. The number of carbonyl (C=O) groups excluding carboxylic acids is 2. The molecule has 0 saturated heterocycles. The van der Waals surface area contributed by atoms with Crippen molar-refractivity contribution in [3.05, 3.63) is 39.9 Å². The van der Waals surface area contributed by atoms with Crippen LogP contribution in [-0.4, -0.2) is 89.3 Å². The third-order valence-corrected chi connectivity index (χ3v) is 7.56. The maximum absolute atomic E-state index is 13.2. The molecular formula is C24H30ClN7O10S2. The molecule has 3 rings (SSSR count). The summed E-state index contributed by atoms with van der Waals surface area (Å²) in [4.78, 5) is 51.2. The van der Waals surface area contributed by atoms with Gasteiger partial charge in [-0.05, 0) is 49.9 Å². The summed E-state index contributed by atoms with van der Waals surface area (Å²) in [6.45, 7) is 0.935. The van der Waals surface area contributed by atoms with Crippen molar-refractivity contribution in [1.82, 2.24) is 15.4 Å². The number of likely N-dealkylation sites (N-methyl/N-ethyl adjacent to an activating group) is 1. The summed E-state index contributed by atoms with van der Waals surface area (Å²) in [5.74, 6) is -2.99. The minimum atomic E-state index is -5.03. The fourth-order valence-corrected chi connectivity index (χ4v) is 4.85. The number of amides is 2. The van der Waals surface area contributed by atoms with Crippen LogP contribution in [0.5, 0.6) is 5.75 Å². The Kier molecular flexibility index (Phi) is 11.8. The normalized spacial score (nSPS) is 15.5. The van der Waals surface area contributed by atoms with E-state index in [-0.39, 0.29) is 38.4 Å². The van der Waals surface area contributed by atoms with Gasteiger partial charge in [-0.25, -0.2) is 14.8 Å². The highest BCUT2D eigenvalue weighted by atomic mass is 35.5. The fraction of sp³-hybridized carbons (Fsp3) is 0.417. The molecule has 2 aromatic rings. The number of rotatable bonds is 15. The Morgan fingerprint density at radius 2 is 1.93 bits per heavy atom. The third-order valence-electron chi connectivity index (χ3n) is 6.06. The second kappa shape index (κ2) is 15.1. The highest BCUT2D eigenvalue weighted by molar-refractivity contribution is 7.80. The first-order valence-corrected chi connectivity index (χ1v) is 15.4. The molecule has 1 aromatic carbocycles. The summed E-state index contributed by atoms with van der Waals surface area (Å²) in [6.07, 6.45) is 1.30. The molecule has 2 atom stereocenters. The fourth-order valence-electron chi connectivity index (χ4n) is 3.56. The lowest BCUT2D eigenvalue weighted by atomic mass is 9.94. The van der Waals surface area contributed by atoms with E-state index < -0.39 is 52.6 Å². The zero-order valence-electron chi connectivity index (χ0n) is 23.4. The molecule has 17 nitrogen and oxygen atoms in total. The average molecular weight is 676 g/mol. The van der Waals surface area contributed by atoms with E-state index in [0.717, 1.165) is 37.6 Å². The number of halogens is 1. The number of carboxylic acid groups (broad SMARTS) is 1. The number of aromatic nitrogens is 1. The Morgan fingerprint density at radius 3 is 2.43 bits per heavy atom. The van der Waals surface area contributed by atoms with Crippen molar-refractivity contribution >= 4 is 67.8 Å². The number of nitrogens with two attached hydrogens (primary N) is 2. The molecule has 1 aromatic heterocycles. The highest BCUT2D eigenvalue weighted by Gasteiger charge is 2.31. The Labute approximate surface area is 260 Å². The van der Waals surface area contributed by atoms with Gasteiger partial charge in [0, 0.05) is 12.6 Å². The first-order valence-electron chi connectivity index (χ1n) is 12.9. The molecule has 0 bridgehead atoms. The van der Waals surface area contributed by atoms with Crippen LogP contribution in [0.2, 0.25) is 4.34 Å². The van der Waals surface area contributed by atoms with Gasteiger partial charge in [0.05, 0.1) is 6.04 Å². The summed E-state index contributed by atoms with van der Waals surface area (Å²) >= 11 is 6.93. The standard InChI is InChI=1S/C24H30ClN7O10S2/c1-3-15(22(34)32(2)42-44(37,38)39)29-21(33)18(17-19(25)43-24(27)30-17)31-41-16(23(35)36)11-40-14-9-7-12(8-10-14)20(26)28-13-5-4-6-13/h7-10,13,15-16H,3-6,11H2,1-2H3,(H2,26,28)(H2,27,30)(H,29,33)(H,35,36)(H,37,38,39)/b31-18-/t15-,16-/m0/s1. The van der Waals surface area contributed by atoms with Crippen molar-refractivity contribution < 1.29 is 46.3 Å². The van der Waals surface area contributed by atoms with Crippen LogP contribution in [0.15, 0.2) is 34.4 Å². The van der Waals surface area contributed by atoms with Gasteiger partial charge in [-0.1, -0.05) is 35.0 Å². The minimum Gasteiger partial charge on any atom is -0.489 e. The lowest BCUT2D eigenvalue weighted by Crippen LogP contribution is -2.49. The molecule has 240 valence electrons. The SMILES string of the molecule is CC[C@H](NC(=O)/C(=N\O[C@@H](COc1ccc(C(N)=NC2CCC2)cc1)C(=O)O)c1nc(N)sc1Cl)C(=O)N(C)OS(=O)(=O)O. The number of nitrogens with zero attached hydrogens (tertiary/aromatic N) is 4. The van der Waals surface area contributed by atoms with Crippen molar-refractivity contribution in [3.63, 3.8) is 0 Å². The number of oxime groups is 1. The van der Waals surface area contributed by atoms with Gasteiger partial charge in [-0.3, -0.25) is 19.1 Å². The number of hydroxylamine groups is 2. The molecule has 1 fully saturated rings. The number of carboxylic acids is 1. The van der Waals surface area contributed by atoms with Crippen LogP contribution in [0, 0.1) is 0 Å². The number of nitrogens with one attached hydrogen (secondary N) is 1. The second-order valence-corrected chi connectivity index (χ2v) is 11.9. The van der Waals surface area contributed by atoms with Gasteiger partial charge in [0.1, 0.15) is 34.3 Å². The zero-order valence-corrected chi connectivity index (χ0v) is 25.8. The number of hydrogen-bond acceptors (Lipinski definition) is 13. The third kappa shape index (κ3) is 9.74. The van der Waals surface area contributed by atoms with E-state index in [1.54, 1.807) is 24.3 Å². The summed E-state index contributed by atoms with van der Waals surface area (Å²) in [5.41, 5.74) is 11.5. The van der Waals surface area contributed by atoms with E-state index in [2.05, 4.69) is 24.7 Å². The van der Waals surface area contributed by atoms with Gasteiger partial charge in [0.25, 0.3) is 17.9 Å². The number of carbonyl (C=O) groups is 3. The van der Waals surface area contributed by atoms with E-state index in [4.69, 9.17) is 37.2 Å². The van der Waals surface area contributed by atoms with Crippen LogP contribution in [0.1, 0.15) is 43.9 Å². The predicted molar refractivity (Wildman–Crippen MR) is 159 cm³/mol. The van der Waals surface area contributed by atoms with Crippen molar-refractivity contribution in [1.29, 1.82) is 0 Å². The number of aliphatic carboxylic acids is 1. The lowest BCUT2D eigenvalue weighted by molar-refractivity contribution is -0.156. The van der Waals surface area contributed by atoms with Gasteiger partial charge in [0.15, 0.2) is 10.8 Å². The molecule has 1 aliphatic rings. The second-order valence-electron chi connectivity index (χ2n) is 9.25. The quantitative estimate of drug-likeness (QED) is 0.0764. The molecule has 20 heteroatoms. The predicted octanol–water partition coefficient (Wildman–Crippen LogP) is 0.977. The number of thiazole rings is 1. The van der Waals surface area contributed by atoms with Crippen molar-refractivity contribution in [2.75, 3.05) is 19.4 Å². The number of anilines is 1. The van der Waals surface area contributed by atoms with Crippen molar-refractivity contribution in [2.45, 2.75) is 50.8 Å². The first-order chi connectivity index (χ1) is 20.7. The van der Waals surface area contributed by atoms with Gasteiger partial charge >= 0.3 is 16.4 Å². The van der Waals surface area contributed by atoms with Crippen LogP contribution < -0.4 is 21.5 Å². The summed E-state index contributed by atoms with van der Waals surface area (Å²) in [6, 6.07) is 5.30. The molecule has 1 aliphatic carbocycles. The molecule has 1 saturated carbocycles. The molecular weight excluding hydrogens is 646 g/mol. The molecule has 44 heavy (non-hydrogen) atoms. The topological polar surface area (TPSA) is 258 Å². The van der Waals surface area contributed by atoms with Gasteiger partial charge < -0.3 is 31.5 Å². The minimum absolute atomic E-state index is 0.0603. The zero-order chi connectivity index (χ0) is 32.6. The van der Waals surface area contributed by atoms with E-state index in [0.29, 0.717) is 11.4 Å². The lowest BCUT2D eigenvalue weighted by Gasteiger charge is -2.21. The van der Waals surface area contributed by atoms with E-state index in [1.165, 1.54) is 6.92 Å². The number of nitrogen functional groups attached to an aromatic ring is 1. The number of aliphatic imine (C=N–C) groups is 1. The molecule has 0 spiro atoms. The molecule has 0 radical (unpaired) electrons. The van der Waals surface area contributed by atoms with Crippen LogP contribution in [0.25, 0.3) is 0 Å². The molecule has 0 aliphatic heterocycles. The average Bonchev–Trinajstić information content (AvgIpc) is 3.26. The molecule has 2 amide bonds. The van der Waals surface area contributed by atoms with Gasteiger partial charge in [0.2, 0.25) is 0 Å². The smallest absolute Gasteiger partial charge is 0.418 e. The van der Waals surface area contributed by atoms with Crippen LogP contribution >= 0.6 is 22.9 Å². The summed E-state index contributed by atoms with van der Waals surface area (Å²) in [5, 5.41) is 15.7. The summed E-state index contributed by atoms with van der Waals surface area (Å²) in [7, 11) is -4.14. The Morgan fingerprint density at radius 1 is 1.27 bits per heavy atom. The maximum atomic E-state index is 13.2. The number of ether oxygens (including phenoxy) is 1.